The van der Waals surface area contributed by atoms with Crippen molar-refractivity contribution in [3.05, 3.63) is 35.1 Å². The Balaban J connectivity index is 2.10. The second-order valence-electron chi connectivity index (χ2n) is 5.92. The van der Waals surface area contributed by atoms with Crippen molar-refractivity contribution in [2.75, 3.05) is 6.54 Å². The molecule has 2 heteroatoms. The van der Waals surface area contributed by atoms with Gasteiger partial charge in [0.25, 0.3) is 0 Å². The largest absolute Gasteiger partial charge is 0.314 e. The van der Waals surface area contributed by atoms with Gasteiger partial charge in [-0.3, -0.25) is 0 Å². The molecule has 1 aliphatic rings. The first-order valence-electron chi connectivity index (χ1n) is 7.05. The van der Waals surface area contributed by atoms with Gasteiger partial charge in [0.05, 0.1) is 0 Å². The summed E-state index contributed by atoms with van der Waals surface area (Å²) in [5.74, 6) is -0.0707. The van der Waals surface area contributed by atoms with E-state index in [2.05, 4.69) is 25.2 Å². The van der Waals surface area contributed by atoms with Crippen LogP contribution in [0.4, 0.5) is 4.39 Å². The second-order valence-corrected chi connectivity index (χ2v) is 5.92. The van der Waals surface area contributed by atoms with Crippen LogP contribution in [0, 0.1) is 12.7 Å². The van der Waals surface area contributed by atoms with Crippen molar-refractivity contribution < 1.29 is 4.39 Å². The van der Waals surface area contributed by atoms with Gasteiger partial charge in [-0.1, -0.05) is 26.0 Å². The molecule has 0 spiro atoms. The van der Waals surface area contributed by atoms with E-state index in [1.165, 1.54) is 12.8 Å². The monoisotopic (exact) mass is 249 g/mol. The quantitative estimate of drug-likeness (QED) is 0.852. The van der Waals surface area contributed by atoms with Crippen molar-refractivity contribution in [1.82, 2.24) is 5.32 Å². The average Bonchev–Trinajstić information content (AvgIpc) is 2.73. The summed E-state index contributed by atoms with van der Waals surface area (Å²) in [6.07, 6.45) is 4.64. The van der Waals surface area contributed by atoms with Crippen LogP contribution in [0.2, 0.25) is 0 Å². The third-order valence-corrected chi connectivity index (χ3v) is 4.29. The molecule has 0 radical (unpaired) electrons. The van der Waals surface area contributed by atoms with Gasteiger partial charge in [0, 0.05) is 6.04 Å². The van der Waals surface area contributed by atoms with Gasteiger partial charge < -0.3 is 5.32 Å². The highest BCUT2D eigenvalue weighted by atomic mass is 19.1. The highest BCUT2D eigenvalue weighted by Crippen LogP contribution is 2.41. The van der Waals surface area contributed by atoms with Gasteiger partial charge >= 0.3 is 0 Å². The molecule has 1 aliphatic carbocycles. The molecule has 1 saturated carbocycles. The zero-order valence-electron chi connectivity index (χ0n) is 11.7. The number of nitrogens with one attached hydrogen (secondary N) is 1. The first kappa shape index (κ1) is 13.5. The Morgan fingerprint density at radius 2 is 2.22 bits per heavy atom. The molecule has 0 aliphatic heterocycles. The molecule has 1 N–H and O–H groups in total. The van der Waals surface area contributed by atoms with Crippen LogP contribution in [0.1, 0.15) is 50.7 Å². The summed E-state index contributed by atoms with van der Waals surface area (Å²) >= 11 is 0. The normalized spacial score (nSPS) is 27.7. The smallest absolute Gasteiger partial charge is 0.126 e. The van der Waals surface area contributed by atoms with Crippen molar-refractivity contribution in [2.45, 2.75) is 57.9 Å². The summed E-state index contributed by atoms with van der Waals surface area (Å²) in [6.45, 7) is 7.37. The van der Waals surface area contributed by atoms with E-state index in [1.807, 2.05) is 13.0 Å². The number of aryl methyl sites for hydroxylation is 1. The number of hydrogen-bond donors (Lipinski definition) is 1. The molecule has 1 fully saturated rings. The second kappa shape index (κ2) is 5.40. The number of benzene rings is 1. The lowest BCUT2D eigenvalue weighted by Gasteiger charge is -2.25. The highest BCUT2D eigenvalue weighted by molar-refractivity contribution is 5.30. The average molecular weight is 249 g/mol. The molecule has 1 aromatic carbocycles. The van der Waals surface area contributed by atoms with Crippen molar-refractivity contribution >= 4 is 0 Å². The summed E-state index contributed by atoms with van der Waals surface area (Å²) in [6, 6.07) is 6.33. The minimum Gasteiger partial charge on any atom is -0.314 e. The van der Waals surface area contributed by atoms with E-state index in [0.29, 0.717) is 6.04 Å². The maximum Gasteiger partial charge on any atom is 0.126 e. The van der Waals surface area contributed by atoms with Gasteiger partial charge in [-0.25, -0.2) is 4.39 Å². The molecular weight excluding hydrogens is 225 g/mol. The predicted octanol–water partition coefficient (Wildman–Crippen LogP) is 3.94. The molecule has 0 bridgehead atoms. The van der Waals surface area contributed by atoms with Crippen LogP contribution >= 0.6 is 0 Å². The maximum atomic E-state index is 13.7. The summed E-state index contributed by atoms with van der Waals surface area (Å²) < 4.78 is 13.7. The lowest BCUT2D eigenvalue weighted by Crippen LogP contribution is -2.29. The fraction of sp³-hybridized carbons (Fsp3) is 0.625. The SMILES string of the molecule is CCCNC1CCC(C)(c2ccc(C)c(F)c2)C1. The molecular formula is C16H24FN. The molecule has 2 atom stereocenters. The molecule has 100 valence electrons. The molecule has 0 amide bonds. The Hall–Kier alpha value is -0.890. The highest BCUT2D eigenvalue weighted by Gasteiger charge is 2.36. The molecule has 1 aromatic rings. The van der Waals surface area contributed by atoms with Crippen LogP contribution in [0.3, 0.4) is 0 Å². The Morgan fingerprint density at radius 3 is 2.89 bits per heavy atom. The van der Waals surface area contributed by atoms with Crippen LogP contribution in [0.5, 0.6) is 0 Å². The van der Waals surface area contributed by atoms with E-state index < -0.39 is 0 Å². The van der Waals surface area contributed by atoms with E-state index in [-0.39, 0.29) is 11.2 Å². The maximum absolute atomic E-state index is 13.7. The van der Waals surface area contributed by atoms with Gasteiger partial charge in [0.1, 0.15) is 5.82 Å². The van der Waals surface area contributed by atoms with E-state index in [4.69, 9.17) is 0 Å². The standard InChI is InChI=1S/C16H24FN/c1-4-9-18-14-7-8-16(3,11-14)13-6-5-12(2)15(17)10-13/h5-6,10,14,18H,4,7-9,11H2,1-3H3. The first-order chi connectivity index (χ1) is 8.55. The van der Waals surface area contributed by atoms with Gasteiger partial charge in [-0.15, -0.1) is 0 Å². The van der Waals surface area contributed by atoms with Crippen molar-refractivity contribution in [3.63, 3.8) is 0 Å². The van der Waals surface area contributed by atoms with Crippen LogP contribution in [0.25, 0.3) is 0 Å². The lowest BCUT2D eigenvalue weighted by molar-refractivity contribution is 0.450. The third kappa shape index (κ3) is 2.74. The molecule has 2 rings (SSSR count). The fourth-order valence-electron chi connectivity index (χ4n) is 2.99. The predicted molar refractivity (Wildman–Crippen MR) is 74.4 cm³/mol. The summed E-state index contributed by atoms with van der Waals surface area (Å²) in [4.78, 5) is 0. The van der Waals surface area contributed by atoms with Gasteiger partial charge in [-0.2, -0.15) is 0 Å². The summed E-state index contributed by atoms with van der Waals surface area (Å²) in [5, 5.41) is 3.59. The Morgan fingerprint density at radius 1 is 1.44 bits per heavy atom. The number of rotatable bonds is 4. The lowest BCUT2D eigenvalue weighted by atomic mass is 9.80. The number of hydrogen-bond acceptors (Lipinski definition) is 1. The molecule has 2 unspecified atom stereocenters. The van der Waals surface area contributed by atoms with Crippen LogP contribution < -0.4 is 5.32 Å². The van der Waals surface area contributed by atoms with Gasteiger partial charge in [0.15, 0.2) is 0 Å². The fourth-order valence-corrected chi connectivity index (χ4v) is 2.99. The zero-order valence-corrected chi connectivity index (χ0v) is 11.7. The van der Waals surface area contributed by atoms with Crippen molar-refractivity contribution in [2.24, 2.45) is 0 Å². The summed E-state index contributed by atoms with van der Waals surface area (Å²) in [5.41, 5.74) is 2.03. The van der Waals surface area contributed by atoms with Crippen LogP contribution in [-0.4, -0.2) is 12.6 Å². The van der Waals surface area contributed by atoms with E-state index >= 15 is 0 Å². The Bertz CT molecular complexity index is 416. The van der Waals surface area contributed by atoms with E-state index in [1.54, 1.807) is 6.07 Å². The first-order valence-corrected chi connectivity index (χ1v) is 7.05. The van der Waals surface area contributed by atoms with Crippen LogP contribution in [-0.2, 0) is 5.41 Å². The Kier molecular flexibility index (Phi) is 4.06. The van der Waals surface area contributed by atoms with Crippen molar-refractivity contribution in [3.8, 4) is 0 Å². The molecule has 1 nitrogen and oxygen atoms in total. The third-order valence-electron chi connectivity index (χ3n) is 4.29. The number of halogens is 1. The molecule has 0 aromatic heterocycles. The Labute approximate surface area is 110 Å². The zero-order chi connectivity index (χ0) is 13.2. The van der Waals surface area contributed by atoms with E-state index in [0.717, 1.165) is 30.5 Å². The van der Waals surface area contributed by atoms with Crippen molar-refractivity contribution in [1.29, 1.82) is 0 Å². The van der Waals surface area contributed by atoms with Crippen LogP contribution in [0.15, 0.2) is 18.2 Å². The minimum atomic E-state index is -0.0707. The molecule has 18 heavy (non-hydrogen) atoms. The van der Waals surface area contributed by atoms with Gasteiger partial charge in [-0.05, 0) is 61.8 Å². The molecule has 0 heterocycles. The summed E-state index contributed by atoms with van der Waals surface area (Å²) in [7, 11) is 0. The van der Waals surface area contributed by atoms with Gasteiger partial charge in [0.2, 0.25) is 0 Å². The topological polar surface area (TPSA) is 12.0 Å². The minimum absolute atomic E-state index is 0.0707. The molecule has 0 saturated heterocycles. The van der Waals surface area contributed by atoms with E-state index in [9.17, 15) is 4.39 Å².